The summed E-state index contributed by atoms with van der Waals surface area (Å²) < 4.78 is 12.9. The van der Waals surface area contributed by atoms with Crippen LogP contribution in [0.15, 0.2) is 72.8 Å². The Hall–Kier alpha value is -3.91. The second-order valence-electron chi connectivity index (χ2n) is 6.69. The standard InChI is InChI=1S/C23H20ClFN4O3/c24-15-5-9-18(10-6-15)29-23(32)19-3-1-2-4-20(19)26-13-21(30)27-14-22(31)28-17-11-7-16(25)8-12-17/h1-12,26H,13-14H2,(H,27,30)(H,28,31)(H,29,32). The molecule has 0 aliphatic rings. The van der Waals surface area contributed by atoms with Crippen molar-refractivity contribution < 1.29 is 18.8 Å². The normalized spacial score (nSPS) is 10.2. The molecule has 3 amide bonds. The van der Waals surface area contributed by atoms with Gasteiger partial charge in [-0.05, 0) is 60.7 Å². The Kier molecular flexibility index (Phi) is 7.77. The third-order valence-corrected chi connectivity index (χ3v) is 4.54. The van der Waals surface area contributed by atoms with Crippen LogP contribution < -0.4 is 21.3 Å². The molecule has 3 rings (SSSR count). The second kappa shape index (κ2) is 10.9. The first-order chi connectivity index (χ1) is 15.4. The van der Waals surface area contributed by atoms with Gasteiger partial charge in [0, 0.05) is 22.1 Å². The minimum Gasteiger partial charge on any atom is -0.376 e. The van der Waals surface area contributed by atoms with Gasteiger partial charge in [-0.2, -0.15) is 0 Å². The number of carbonyl (C=O) groups excluding carboxylic acids is 3. The fraction of sp³-hybridized carbons (Fsp3) is 0.0870. The number of nitrogens with one attached hydrogen (secondary N) is 4. The second-order valence-corrected chi connectivity index (χ2v) is 7.13. The summed E-state index contributed by atoms with van der Waals surface area (Å²) in [4.78, 5) is 36.6. The number of para-hydroxylation sites is 1. The minimum atomic E-state index is -0.451. The molecule has 9 heteroatoms. The van der Waals surface area contributed by atoms with Crippen molar-refractivity contribution in [1.82, 2.24) is 5.32 Å². The van der Waals surface area contributed by atoms with Gasteiger partial charge in [-0.1, -0.05) is 23.7 Å². The number of benzene rings is 3. The van der Waals surface area contributed by atoms with Crippen LogP contribution in [0.4, 0.5) is 21.5 Å². The summed E-state index contributed by atoms with van der Waals surface area (Å²) in [6.45, 7) is -0.397. The molecule has 0 saturated carbocycles. The van der Waals surface area contributed by atoms with Crippen LogP contribution in [-0.2, 0) is 9.59 Å². The Balaban J connectivity index is 1.50. The quantitative estimate of drug-likeness (QED) is 0.415. The van der Waals surface area contributed by atoms with E-state index in [1.165, 1.54) is 24.3 Å². The van der Waals surface area contributed by atoms with Gasteiger partial charge in [-0.3, -0.25) is 14.4 Å². The van der Waals surface area contributed by atoms with Crippen molar-refractivity contribution in [3.63, 3.8) is 0 Å². The predicted molar refractivity (Wildman–Crippen MR) is 122 cm³/mol. The maximum Gasteiger partial charge on any atom is 0.257 e. The first kappa shape index (κ1) is 22.8. The largest absolute Gasteiger partial charge is 0.376 e. The molecular formula is C23H20ClFN4O3. The number of carbonyl (C=O) groups is 3. The third-order valence-electron chi connectivity index (χ3n) is 4.29. The number of rotatable bonds is 8. The highest BCUT2D eigenvalue weighted by Crippen LogP contribution is 2.18. The zero-order valence-electron chi connectivity index (χ0n) is 16.8. The molecule has 0 saturated heterocycles. The van der Waals surface area contributed by atoms with E-state index in [-0.39, 0.29) is 19.0 Å². The van der Waals surface area contributed by atoms with E-state index < -0.39 is 17.6 Å². The molecule has 3 aromatic rings. The van der Waals surface area contributed by atoms with Crippen LogP contribution in [0.3, 0.4) is 0 Å². The summed E-state index contributed by atoms with van der Waals surface area (Å²) in [7, 11) is 0. The molecule has 0 unspecified atom stereocenters. The molecule has 0 radical (unpaired) electrons. The van der Waals surface area contributed by atoms with Crippen LogP contribution in [0.1, 0.15) is 10.4 Å². The molecule has 32 heavy (non-hydrogen) atoms. The van der Waals surface area contributed by atoms with Crippen molar-refractivity contribution in [3.05, 3.63) is 89.2 Å². The van der Waals surface area contributed by atoms with Crippen LogP contribution in [0, 0.1) is 5.82 Å². The van der Waals surface area contributed by atoms with Crippen molar-refractivity contribution in [1.29, 1.82) is 0 Å². The van der Waals surface area contributed by atoms with Gasteiger partial charge in [0.25, 0.3) is 5.91 Å². The van der Waals surface area contributed by atoms with Crippen LogP contribution in [0.2, 0.25) is 5.02 Å². The summed E-state index contributed by atoms with van der Waals surface area (Å²) in [6.07, 6.45) is 0. The molecule has 0 atom stereocenters. The maximum absolute atomic E-state index is 12.9. The van der Waals surface area contributed by atoms with Gasteiger partial charge in [0.1, 0.15) is 5.82 Å². The van der Waals surface area contributed by atoms with E-state index >= 15 is 0 Å². The van der Waals surface area contributed by atoms with E-state index in [0.717, 1.165) is 0 Å². The molecule has 0 fully saturated rings. The lowest BCUT2D eigenvalue weighted by Crippen LogP contribution is -2.36. The number of halogens is 2. The van der Waals surface area contributed by atoms with Crippen LogP contribution in [-0.4, -0.2) is 30.8 Å². The zero-order valence-corrected chi connectivity index (χ0v) is 17.6. The molecule has 164 valence electrons. The van der Waals surface area contributed by atoms with Crippen molar-refractivity contribution in [2.24, 2.45) is 0 Å². The van der Waals surface area contributed by atoms with Gasteiger partial charge in [-0.15, -0.1) is 0 Å². The lowest BCUT2D eigenvalue weighted by Gasteiger charge is -2.12. The summed E-state index contributed by atoms with van der Waals surface area (Å²) in [5.74, 6) is -1.65. The summed E-state index contributed by atoms with van der Waals surface area (Å²) >= 11 is 5.85. The molecule has 0 aromatic heterocycles. The first-order valence-electron chi connectivity index (χ1n) is 9.62. The van der Waals surface area contributed by atoms with Crippen LogP contribution in [0.5, 0.6) is 0 Å². The smallest absolute Gasteiger partial charge is 0.257 e. The first-order valence-corrected chi connectivity index (χ1v) is 10.0. The molecule has 0 heterocycles. The Morgan fingerprint density at radius 1 is 0.750 bits per heavy atom. The van der Waals surface area contributed by atoms with Crippen LogP contribution in [0.25, 0.3) is 0 Å². The number of hydrogen-bond acceptors (Lipinski definition) is 4. The highest BCUT2D eigenvalue weighted by atomic mass is 35.5. The molecular weight excluding hydrogens is 435 g/mol. The average molecular weight is 455 g/mol. The predicted octanol–water partition coefficient (Wildman–Crippen LogP) is 3.90. The number of amides is 3. The molecule has 0 spiro atoms. The van der Waals surface area contributed by atoms with Gasteiger partial charge >= 0.3 is 0 Å². The Labute approximate surface area is 189 Å². The average Bonchev–Trinajstić information content (AvgIpc) is 2.79. The highest BCUT2D eigenvalue weighted by Gasteiger charge is 2.13. The molecule has 4 N–H and O–H groups in total. The molecule has 0 aliphatic carbocycles. The Morgan fingerprint density at radius 3 is 2.09 bits per heavy atom. The zero-order chi connectivity index (χ0) is 22.9. The Bertz CT molecular complexity index is 1100. The fourth-order valence-corrected chi connectivity index (χ4v) is 2.85. The monoisotopic (exact) mass is 454 g/mol. The van der Waals surface area contributed by atoms with E-state index in [0.29, 0.717) is 27.6 Å². The van der Waals surface area contributed by atoms with E-state index in [4.69, 9.17) is 11.6 Å². The molecule has 0 aliphatic heterocycles. The topological polar surface area (TPSA) is 99.3 Å². The fourth-order valence-electron chi connectivity index (χ4n) is 2.72. The Morgan fingerprint density at radius 2 is 1.38 bits per heavy atom. The summed E-state index contributed by atoms with van der Waals surface area (Å²) in [5, 5.41) is 11.2. The van der Waals surface area contributed by atoms with E-state index in [2.05, 4.69) is 21.3 Å². The van der Waals surface area contributed by atoms with Crippen molar-refractivity contribution in [2.45, 2.75) is 0 Å². The molecule has 3 aromatic carbocycles. The lowest BCUT2D eigenvalue weighted by atomic mass is 10.1. The van der Waals surface area contributed by atoms with Crippen LogP contribution >= 0.6 is 11.6 Å². The van der Waals surface area contributed by atoms with Gasteiger partial charge in [0.15, 0.2) is 0 Å². The van der Waals surface area contributed by atoms with Gasteiger partial charge < -0.3 is 21.3 Å². The van der Waals surface area contributed by atoms with Gasteiger partial charge in [0.2, 0.25) is 11.8 Å². The van der Waals surface area contributed by atoms with E-state index in [1.54, 1.807) is 48.5 Å². The summed E-state index contributed by atoms with van der Waals surface area (Å²) in [6, 6.07) is 18.7. The van der Waals surface area contributed by atoms with Crippen molar-refractivity contribution >= 4 is 46.4 Å². The summed E-state index contributed by atoms with van der Waals surface area (Å²) in [5.41, 5.74) is 1.82. The third kappa shape index (κ3) is 6.82. The maximum atomic E-state index is 12.9. The van der Waals surface area contributed by atoms with E-state index in [1.807, 2.05) is 0 Å². The molecule has 7 nitrogen and oxygen atoms in total. The number of anilines is 3. The molecule has 0 bridgehead atoms. The van der Waals surface area contributed by atoms with Gasteiger partial charge in [0.05, 0.1) is 18.7 Å². The highest BCUT2D eigenvalue weighted by molar-refractivity contribution is 6.30. The minimum absolute atomic E-state index is 0.144. The lowest BCUT2D eigenvalue weighted by molar-refractivity contribution is -0.122. The van der Waals surface area contributed by atoms with Crippen molar-refractivity contribution in [2.75, 3.05) is 29.0 Å². The number of hydrogen-bond donors (Lipinski definition) is 4. The SMILES string of the molecule is O=C(CNc1ccccc1C(=O)Nc1ccc(Cl)cc1)NCC(=O)Nc1ccc(F)cc1. The van der Waals surface area contributed by atoms with Gasteiger partial charge in [-0.25, -0.2) is 4.39 Å². The van der Waals surface area contributed by atoms with E-state index in [9.17, 15) is 18.8 Å². The van der Waals surface area contributed by atoms with Crippen molar-refractivity contribution in [3.8, 4) is 0 Å².